The number of rotatable bonds is 4. The molecule has 0 bridgehead atoms. The molecular weight excluding hydrogens is 450 g/mol. The number of carbonyl (C=O) groups excluding carboxylic acids is 3. The molecule has 0 unspecified atom stereocenters. The van der Waals surface area contributed by atoms with Crippen LogP contribution in [0.25, 0.3) is 6.08 Å². The van der Waals surface area contributed by atoms with Gasteiger partial charge in [-0.2, -0.15) is 5.26 Å². The Labute approximate surface area is 173 Å². The molecule has 2 aromatic carbocycles. The fourth-order valence-corrected chi connectivity index (χ4v) is 3.12. The average molecular weight is 461 g/mol. The van der Waals surface area contributed by atoms with Crippen LogP contribution in [0.1, 0.15) is 5.56 Å². The molecular formula is C19H11BrClN3O4. The largest absolute Gasteiger partial charge is 0.478 e. The van der Waals surface area contributed by atoms with Crippen LogP contribution >= 0.6 is 27.5 Å². The van der Waals surface area contributed by atoms with E-state index >= 15 is 0 Å². The van der Waals surface area contributed by atoms with Crippen molar-refractivity contribution in [3.63, 3.8) is 0 Å². The zero-order chi connectivity index (χ0) is 20.3. The summed E-state index contributed by atoms with van der Waals surface area (Å²) in [6.07, 6.45) is 1.37. The summed E-state index contributed by atoms with van der Waals surface area (Å²) in [4.78, 5) is 38.0. The summed E-state index contributed by atoms with van der Waals surface area (Å²) in [6.45, 7) is -0.113. The molecule has 0 aromatic heterocycles. The van der Waals surface area contributed by atoms with Gasteiger partial charge in [0, 0.05) is 5.02 Å². The molecule has 0 spiro atoms. The first-order chi connectivity index (χ1) is 13.4. The Bertz CT molecular complexity index is 1040. The lowest BCUT2D eigenvalue weighted by Crippen LogP contribution is -2.54. The van der Waals surface area contributed by atoms with Gasteiger partial charge in [0.25, 0.3) is 11.8 Å². The summed E-state index contributed by atoms with van der Waals surface area (Å²) in [6, 6.07) is 12.0. The maximum atomic E-state index is 12.8. The SMILES string of the molecule is N#CCOc1ccc(/C=C2\C(=O)NC(=O)N(c3ccc(Cl)cc3)C2=O)cc1Br. The van der Waals surface area contributed by atoms with Crippen molar-refractivity contribution in [3.8, 4) is 11.8 Å². The van der Waals surface area contributed by atoms with Crippen molar-refractivity contribution in [2.24, 2.45) is 0 Å². The number of imide groups is 2. The summed E-state index contributed by atoms with van der Waals surface area (Å²) >= 11 is 9.15. The van der Waals surface area contributed by atoms with E-state index in [2.05, 4.69) is 21.2 Å². The third-order valence-electron chi connectivity index (χ3n) is 3.75. The van der Waals surface area contributed by atoms with Gasteiger partial charge in [0.15, 0.2) is 6.61 Å². The molecule has 0 aliphatic carbocycles. The Morgan fingerprint density at radius 3 is 2.54 bits per heavy atom. The molecule has 0 radical (unpaired) electrons. The quantitative estimate of drug-likeness (QED) is 0.554. The molecule has 4 amide bonds. The minimum atomic E-state index is -0.837. The van der Waals surface area contributed by atoms with Crippen LogP contribution in [0.5, 0.6) is 5.75 Å². The molecule has 1 fully saturated rings. The van der Waals surface area contributed by atoms with E-state index < -0.39 is 17.8 Å². The zero-order valence-electron chi connectivity index (χ0n) is 14.1. The smallest absolute Gasteiger partial charge is 0.335 e. The minimum Gasteiger partial charge on any atom is -0.478 e. The van der Waals surface area contributed by atoms with E-state index in [1.165, 1.54) is 30.3 Å². The lowest BCUT2D eigenvalue weighted by Gasteiger charge is -2.26. The number of urea groups is 1. The second-order valence-corrected chi connectivity index (χ2v) is 6.86. The molecule has 2 aromatic rings. The Morgan fingerprint density at radius 1 is 1.18 bits per heavy atom. The predicted molar refractivity (Wildman–Crippen MR) is 106 cm³/mol. The summed E-state index contributed by atoms with van der Waals surface area (Å²) in [7, 11) is 0. The van der Waals surface area contributed by atoms with Gasteiger partial charge in [-0.1, -0.05) is 17.7 Å². The van der Waals surface area contributed by atoms with Crippen LogP contribution < -0.4 is 15.0 Å². The first-order valence-electron chi connectivity index (χ1n) is 7.87. The third kappa shape index (κ3) is 4.06. The van der Waals surface area contributed by atoms with E-state index in [0.717, 1.165) is 4.90 Å². The van der Waals surface area contributed by atoms with Crippen molar-refractivity contribution >= 4 is 57.1 Å². The van der Waals surface area contributed by atoms with Crippen molar-refractivity contribution in [3.05, 3.63) is 63.1 Å². The number of carbonyl (C=O) groups is 3. The molecule has 1 aliphatic rings. The van der Waals surface area contributed by atoms with Crippen LogP contribution in [-0.2, 0) is 9.59 Å². The average Bonchev–Trinajstić information content (AvgIpc) is 2.66. The van der Waals surface area contributed by atoms with Crippen molar-refractivity contribution < 1.29 is 19.1 Å². The lowest BCUT2D eigenvalue weighted by molar-refractivity contribution is -0.122. The van der Waals surface area contributed by atoms with Gasteiger partial charge in [0.2, 0.25) is 0 Å². The van der Waals surface area contributed by atoms with Gasteiger partial charge in [-0.3, -0.25) is 14.9 Å². The van der Waals surface area contributed by atoms with Gasteiger partial charge in [-0.05, 0) is 64.0 Å². The summed E-state index contributed by atoms with van der Waals surface area (Å²) < 4.78 is 5.78. The number of benzene rings is 2. The highest BCUT2D eigenvalue weighted by Crippen LogP contribution is 2.28. The molecule has 1 aliphatic heterocycles. The fourth-order valence-electron chi connectivity index (χ4n) is 2.48. The van der Waals surface area contributed by atoms with Crippen LogP contribution in [0.3, 0.4) is 0 Å². The van der Waals surface area contributed by atoms with Crippen molar-refractivity contribution in [1.29, 1.82) is 5.26 Å². The molecule has 0 atom stereocenters. The summed E-state index contributed by atoms with van der Waals surface area (Å²) in [5.41, 5.74) is 0.610. The highest BCUT2D eigenvalue weighted by atomic mass is 79.9. The van der Waals surface area contributed by atoms with Gasteiger partial charge in [0.05, 0.1) is 10.2 Å². The molecule has 3 rings (SSSR count). The molecule has 28 heavy (non-hydrogen) atoms. The standard InChI is InChI=1S/C19H11BrClN3O4/c20-15-10-11(1-6-16(15)28-8-7-22)9-14-17(25)23-19(27)24(18(14)26)13-4-2-12(21)3-5-13/h1-6,9-10H,8H2,(H,23,25,27)/b14-9+. The van der Waals surface area contributed by atoms with Crippen LogP contribution in [0.4, 0.5) is 10.5 Å². The lowest BCUT2D eigenvalue weighted by atomic mass is 10.1. The monoisotopic (exact) mass is 459 g/mol. The Balaban J connectivity index is 1.94. The van der Waals surface area contributed by atoms with E-state index in [4.69, 9.17) is 21.6 Å². The van der Waals surface area contributed by atoms with Gasteiger partial charge in [-0.15, -0.1) is 0 Å². The Morgan fingerprint density at radius 2 is 1.89 bits per heavy atom. The minimum absolute atomic E-state index is 0.113. The number of nitrogens with zero attached hydrogens (tertiary/aromatic N) is 2. The van der Waals surface area contributed by atoms with Gasteiger partial charge >= 0.3 is 6.03 Å². The van der Waals surface area contributed by atoms with Gasteiger partial charge < -0.3 is 4.74 Å². The zero-order valence-corrected chi connectivity index (χ0v) is 16.5. The Hall–Kier alpha value is -3.15. The number of nitrogens with one attached hydrogen (secondary N) is 1. The van der Waals surface area contributed by atoms with E-state index in [1.807, 2.05) is 6.07 Å². The first-order valence-corrected chi connectivity index (χ1v) is 9.04. The first kappa shape index (κ1) is 19.6. The van der Waals surface area contributed by atoms with Crippen molar-refractivity contribution in [2.75, 3.05) is 11.5 Å². The highest BCUT2D eigenvalue weighted by Gasteiger charge is 2.36. The number of barbiturate groups is 1. The number of hydrogen-bond donors (Lipinski definition) is 1. The second kappa shape index (κ2) is 8.25. The molecule has 1 N–H and O–H groups in total. The number of nitriles is 1. The molecule has 1 heterocycles. The van der Waals surface area contributed by atoms with Crippen LogP contribution in [0, 0.1) is 11.3 Å². The number of ether oxygens (including phenoxy) is 1. The van der Waals surface area contributed by atoms with Crippen molar-refractivity contribution in [1.82, 2.24) is 5.32 Å². The molecule has 140 valence electrons. The molecule has 0 saturated carbocycles. The topological polar surface area (TPSA) is 99.5 Å². The summed E-state index contributed by atoms with van der Waals surface area (Å²) in [5, 5.41) is 11.2. The van der Waals surface area contributed by atoms with E-state index in [-0.39, 0.29) is 17.9 Å². The van der Waals surface area contributed by atoms with Crippen LogP contribution in [0.15, 0.2) is 52.5 Å². The van der Waals surface area contributed by atoms with Gasteiger partial charge in [0.1, 0.15) is 17.4 Å². The van der Waals surface area contributed by atoms with Crippen molar-refractivity contribution in [2.45, 2.75) is 0 Å². The number of hydrogen-bond acceptors (Lipinski definition) is 5. The molecule has 1 saturated heterocycles. The maximum Gasteiger partial charge on any atom is 0.335 e. The third-order valence-corrected chi connectivity index (χ3v) is 4.62. The maximum absolute atomic E-state index is 12.8. The molecule has 9 heteroatoms. The molecule has 7 nitrogen and oxygen atoms in total. The number of amides is 4. The van der Waals surface area contributed by atoms with Gasteiger partial charge in [-0.25, -0.2) is 9.69 Å². The van der Waals surface area contributed by atoms with Crippen LogP contribution in [0.2, 0.25) is 5.02 Å². The van der Waals surface area contributed by atoms with E-state index in [1.54, 1.807) is 18.2 Å². The summed E-state index contributed by atoms with van der Waals surface area (Å²) in [5.74, 6) is -1.10. The number of anilines is 1. The van der Waals surface area contributed by atoms with E-state index in [9.17, 15) is 14.4 Å². The predicted octanol–water partition coefficient (Wildman–Crippen LogP) is 3.67. The fraction of sp³-hybridized carbons (Fsp3) is 0.0526. The van der Waals surface area contributed by atoms with E-state index in [0.29, 0.717) is 20.8 Å². The highest BCUT2D eigenvalue weighted by molar-refractivity contribution is 9.10. The second-order valence-electron chi connectivity index (χ2n) is 5.57. The Kier molecular flexibility index (Phi) is 5.78. The normalized spacial score (nSPS) is 15.4. The number of halogens is 2. The van der Waals surface area contributed by atoms with Crippen LogP contribution in [-0.4, -0.2) is 24.5 Å².